The summed E-state index contributed by atoms with van der Waals surface area (Å²) in [7, 11) is 2.77. The molecule has 0 aliphatic heterocycles. The molecule has 0 unspecified atom stereocenters. The Morgan fingerprint density at radius 1 is 1.21 bits per heavy atom. The molecule has 0 saturated carbocycles. The molecule has 0 aliphatic rings. The third-order valence-corrected chi connectivity index (χ3v) is 4.25. The molecule has 0 fully saturated rings. The second kappa shape index (κ2) is 7.86. The van der Waals surface area contributed by atoms with Gasteiger partial charge >= 0.3 is 6.18 Å². The van der Waals surface area contributed by atoms with Crippen molar-refractivity contribution in [3.8, 4) is 23.0 Å². The fraction of sp³-hybridized carbons (Fsp3) is 0.278. The molecule has 3 rings (SSSR count). The van der Waals surface area contributed by atoms with Gasteiger partial charge in [0.2, 0.25) is 5.28 Å². The van der Waals surface area contributed by atoms with Gasteiger partial charge < -0.3 is 14.0 Å². The highest BCUT2D eigenvalue weighted by Gasteiger charge is 2.34. The van der Waals surface area contributed by atoms with Crippen molar-refractivity contribution < 1.29 is 27.0 Å². The second-order valence-corrected chi connectivity index (χ2v) is 6.41. The summed E-state index contributed by atoms with van der Waals surface area (Å²) in [6.07, 6.45) is -3.14. The quantitative estimate of drug-likeness (QED) is 0.428. The summed E-state index contributed by atoms with van der Waals surface area (Å²) in [6, 6.07) is 4.04. The normalized spacial score (nSPS) is 12.7. The van der Waals surface area contributed by atoms with Crippen LogP contribution in [0, 0.1) is 5.82 Å². The van der Waals surface area contributed by atoms with Crippen molar-refractivity contribution in [1.82, 2.24) is 19.5 Å². The minimum Gasteiger partial charge on any atom is -0.490 e. The van der Waals surface area contributed by atoms with Gasteiger partial charge in [0.1, 0.15) is 17.7 Å². The predicted molar refractivity (Wildman–Crippen MR) is 96.2 cm³/mol. The summed E-state index contributed by atoms with van der Waals surface area (Å²) >= 11 is 5.76. The molecule has 0 aliphatic carbocycles. The molecule has 1 atom stereocenters. The van der Waals surface area contributed by atoms with E-state index >= 15 is 0 Å². The molecule has 154 valence electrons. The first kappa shape index (κ1) is 20.8. The van der Waals surface area contributed by atoms with E-state index in [0.717, 1.165) is 16.8 Å². The van der Waals surface area contributed by atoms with E-state index in [1.807, 2.05) is 0 Å². The zero-order valence-corrected chi connectivity index (χ0v) is 16.2. The van der Waals surface area contributed by atoms with Crippen LogP contribution in [0.3, 0.4) is 0 Å². The molecule has 2 aromatic heterocycles. The largest absolute Gasteiger partial charge is 0.490 e. The zero-order valence-electron chi connectivity index (χ0n) is 15.5. The van der Waals surface area contributed by atoms with E-state index in [1.165, 1.54) is 32.5 Å². The summed E-state index contributed by atoms with van der Waals surface area (Å²) in [5.41, 5.74) is -0.738. The number of ether oxygens (including phenoxy) is 2. The molecule has 0 spiro atoms. The number of imidazole rings is 1. The van der Waals surface area contributed by atoms with Gasteiger partial charge in [0.25, 0.3) is 5.88 Å². The topological polar surface area (TPSA) is 62.1 Å². The molecule has 6 nitrogen and oxygen atoms in total. The number of aromatic nitrogens is 4. The van der Waals surface area contributed by atoms with E-state index in [9.17, 15) is 17.6 Å². The third kappa shape index (κ3) is 4.42. The number of benzene rings is 1. The number of alkyl halides is 3. The van der Waals surface area contributed by atoms with Gasteiger partial charge in [0.15, 0.2) is 11.4 Å². The average Bonchev–Trinajstić information content (AvgIpc) is 3.03. The Hall–Kier alpha value is -2.88. The van der Waals surface area contributed by atoms with Crippen LogP contribution in [0.1, 0.15) is 24.3 Å². The Kier molecular flexibility index (Phi) is 5.65. The number of aryl methyl sites for hydroxylation is 1. The minimum absolute atomic E-state index is 0.0511. The van der Waals surface area contributed by atoms with E-state index < -0.39 is 23.8 Å². The smallest absolute Gasteiger partial charge is 0.434 e. The Labute approximate surface area is 168 Å². The van der Waals surface area contributed by atoms with Gasteiger partial charge in [-0.2, -0.15) is 18.2 Å². The number of rotatable bonds is 5. The molecule has 29 heavy (non-hydrogen) atoms. The summed E-state index contributed by atoms with van der Waals surface area (Å²) < 4.78 is 65.1. The average molecular weight is 431 g/mol. The third-order valence-electron chi connectivity index (χ3n) is 4.07. The minimum atomic E-state index is -4.62. The summed E-state index contributed by atoms with van der Waals surface area (Å²) in [5.74, 6) is -0.568. The first-order chi connectivity index (χ1) is 13.6. The number of halogens is 5. The molecule has 2 heterocycles. The van der Waals surface area contributed by atoms with E-state index in [4.69, 9.17) is 21.1 Å². The van der Waals surface area contributed by atoms with Crippen molar-refractivity contribution in [2.45, 2.75) is 19.2 Å². The van der Waals surface area contributed by atoms with Crippen molar-refractivity contribution in [1.29, 1.82) is 0 Å². The number of hydrogen-bond donors (Lipinski definition) is 0. The van der Waals surface area contributed by atoms with Crippen molar-refractivity contribution >= 4 is 11.6 Å². The van der Waals surface area contributed by atoms with Gasteiger partial charge in [-0.1, -0.05) is 6.07 Å². The van der Waals surface area contributed by atoms with Gasteiger partial charge in [-0.15, -0.1) is 0 Å². The maximum atomic E-state index is 14.7. The Bertz CT molecular complexity index is 1040. The van der Waals surface area contributed by atoms with Gasteiger partial charge in [-0.3, -0.25) is 0 Å². The number of nitrogens with zero attached hydrogens (tertiary/aromatic N) is 4. The van der Waals surface area contributed by atoms with Gasteiger partial charge in [0.05, 0.1) is 18.9 Å². The predicted octanol–water partition coefficient (Wildman–Crippen LogP) is 4.84. The van der Waals surface area contributed by atoms with E-state index in [-0.39, 0.29) is 28.3 Å². The molecule has 0 saturated heterocycles. The summed E-state index contributed by atoms with van der Waals surface area (Å²) in [4.78, 5) is 11.2. The standard InChI is InChI=1S/C18H15ClF4N4O2/c1-9(29-16-13(28-3)7-24-17(19)26-16)10-4-5-11(12(20)6-10)15-25-14(8-27(15)2)18(21,22)23/h4-9H,1-3H3/t9-/m1/s1. The Balaban J connectivity index is 1.88. The Morgan fingerprint density at radius 2 is 1.93 bits per heavy atom. The molecular formula is C18H15ClF4N4O2. The Morgan fingerprint density at radius 3 is 2.52 bits per heavy atom. The van der Waals surface area contributed by atoms with E-state index in [0.29, 0.717) is 5.56 Å². The summed E-state index contributed by atoms with van der Waals surface area (Å²) in [6.45, 7) is 1.65. The van der Waals surface area contributed by atoms with Crippen LogP contribution in [0.25, 0.3) is 11.4 Å². The molecular weight excluding hydrogens is 416 g/mol. The lowest BCUT2D eigenvalue weighted by Crippen LogP contribution is -2.07. The van der Waals surface area contributed by atoms with E-state index in [1.54, 1.807) is 6.92 Å². The lowest BCUT2D eigenvalue weighted by molar-refractivity contribution is -0.140. The van der Waals surface area contributed by atoms with E-state index in [2.05, 4.69) is 15.0 Å². The van der Waals surface area contributed by atoms with Crippen LogP contribution in [-0.4, -0.2) is 26.6 Å². The molecule has 0 N–H and O–H groups in total. The van der Waals surface area contributed by atoms with Crippen LogP contribution in [0.2, 0.25) is 5.28 Å². The van der Waals surface area contributed by atoms with Crippen molar-refractivity contribution in [2.24, 2.45) is 7.05 Å². The molecule has 3 aromatic rings. The molecule has 11 heteroatoms. The van der Waals surface area contributed by atoms with Crippen molar-refractivity contribution in [3.63, 3.8) is 0 Å². The lowest BCUT2D eigenvalue weighted by atomic mass is 10.1. The number of hydrogen-bond acceptors (Lipinski definition) is 5. The molecule has 0 radical (unpaired) electrons. The first-order valence-electron chi connectivity index (χ1n) is 8.23. The first-order valence-corrected chi connectivity index (χ1v) is 8.61. The van der Waals surface area contributed by atoms with Gasteiger partial charge in [0, 0.05) is 13.2 Å². The second-order valence-electron chi connectivity index (χ2n) is 6.07. The van der Waals surface area contributed by atoms with Crippen LogP contribution in [0.15, 0.2) is 30.6 Å². The van der Waals surface area contributed by atoms with Crippen LogP contribution in [0.5, 0.6) is 11.6 Å². The highest BCUT2D eigenvalue weighted by Crippen LogP contribution is 2.33. The maximum Gasteiger partial charge on any atom is 0.434 e. The fourth-order valence-electron chi connectivity index (χ4n) is 2.61. The molecule has 0 bridgehead atoms. The maximum absolute atomic E-state index is 14.7. The highest BCUT2D eigenvalue weighted by atomic mass is 35.5. The van der Waals surface area contributed by atoms with Crippen LogP contribution < -0.4 is 9.47 Å². The summed E-state index contributed by atoms with van der Waals surface area (Å²) in [5, 5.41) is -0.0511. The number of methoxy groups -OCH3 is 1. The van der Waals surface area contributed by atoms with Crippen molar-refractivity contribution in [3.05, 3.63) is 53.0 Å². The fourth-order valence-corrected chi connectivity index (χ4v) is 2.74. The molecule has 0 amide bonds. The van der Waals surface area contributed by atoms with Crippen molar-refractivity contribution in [2.75, 3.05) is 7.11 Å². The zero-order chi connectivity index (χ0) is 21.3. The monoisotopic (exact) mass is 430 g/mol. The lowest BCUT2D eigenvalue weighted by Gasteiger charge is -2.16. The van der Waals surface area contributed by atoms with Crippen LogP contribution in [0.4, 0.5) is 17.6 Å². The van der Waals surface area contributed by atoms with Gasteiger partial charge in [-0.25, -0.2) is 14.4 Å². The molecule has 1 aromatic carbocycles. The SMILES string of the molecule is COc1cnc(Cl)nc1O[C@H](C)c1ccc(-c2nc(C(F)(F)F)cn2C)c(F)c1. The van der Waals surface area contributed by atoms with Crippen LogP contribution in [-0.2, 0) is 13.2 Å². The van der Waals surface area contributed by atoms with Gasteiger partial charge in [-0.05, 0) is 36.2 Å². The van der Waals surface area contributed by atoms with Crippen LogP contribution >= 0.6 is 11.6 Å². The highest BCUT2D eigenvalue weighted by molar-refractivity contribution is 6.28.